The van der Waals surface area contributed by atoms with Crippen LogP contribution >= 0.6 is 0 Å². The van der Waals surface area contributed by atoms with Crippen molar-refractivity contribution in [2.45, 2.75) is 5.92 Å². The van der Waals surface area contributed by atoms with E-state index < -0.39 is 0 Å². The number of rotatable bonds is 3. The number of allylic oxidation sites excluding steroid dienone is 1. The standard InChI is InChI=1S/C27H18N2O2/c28-17-22-24(19-10-3-1-4-11-19)25-21-14-8-7-9-18(21)15-16-23(25)31-27(22)29-26(30)20-12-5-2-6-13-20/h1-16,24H,(H,29,30)/t24-/m0/s1. The van der Waals surface area contributed by atoms with E-state index in [4.69, 9.17) is 4.74 Å². The molecule has 5 rings (SSSR count). The Labute approximate surface area is 180 Å². The van der Waals surface area contributed by atoms with Gasteiger partial charge in [-0.05, 0) is 34.5 Å². The minimum absolute atomic E-state index is 0.174. The van der Waals surface area contributed by atoms with Gasteiger partial charge < -0.3 is 4.74 Å². The second-order valence-electron chi connectivity index (χ2n) is 7.32. The Morgan fingerprint density at radius 3 is 2.26 bits per heavy atom. The van der Waals surface area contributed by atoms with Gasteiger partial charge in [-0.3, -0.25) is 10.1 Å². The SMILES string of the molecule is N#CC1=C(NC(=O)c2ccccc2)Oc2ccc3ccccc3c2[C@H]1c1ccccc1. The second kappa shape index (κ2) is 7.81. The topological polar surface area (TPSA) is 62.1 Å². The Bertz CT molecular complexity index is 1350. The summed E-state index contributed by atoms with van der Waals surface area (Å²) in [7, 11) is 0. The summed E-state index contributed by atoms with van der Waals surface area (Å²) in [5.41, 5.74) is 2.76. The minimum atomic E-state index is -0.355. The molecule has 4 aromatic rings. The number of ether oxygens (including phenoxy) is 1. The Kier molecular flexibility index (Phi) is 4.70. The molecule has 0 aromatic heterocycles. The second-order valence-corrected chi connectivity index (χ2v) is 7.32. The molecule has 4 nitrogen and oxygen atoms in total. The Hall–Kier alpha value is -4.36. The van der Waals surface area contributed by atoms with E-state index in [0.717, 1.165) is 21.9 Å². The molecule has 1 N–H and O–H groups in total. The van der Waals surface area contributed by atoms with Gasteiger partial charge in [-0.15, -0.1) is 0 Å². The van der Waals surface area contributed by atoms with Crippen molar-refractivity contribution in [3.8, 4) is 11.8 Å². The molecule has 1 amide bonds. The highest BCUT2D eigenvalue weighted by Crippen LogP contribution is 2.45. The lowest BCUT2D eigenvalue weighted by Crippen LogP contribution is -2.31. The van der Waals surface area contributed by atoms with Crippen LogP contribution in [0.2, 0.25) is 0 Å². The number of hydrogen-bond donors (Lipinski definition) is 1. The van der Waals surface area contributed by atoms with Crippen LogP contribution in [0.3, 0.4) is 0 Å². The Morgan fingerprint density at radius 1 is 0.839 bits per heavy atom. The molecule has 1 aliphatic rings. The first-order valence-electron chi connectivity index (χ1n) is 10.0. The van der Waals surface area contributed by atoms with Crippen LogP contribution in [0, 0.1) is 11.3 Å². The summed E-state index contributed by atoms with van der Waals surface area (Å²) in [6, 6.07) is 33.0. The van der Waals surface area contributed by atoms with E-state index in [2.05, 4.69) is 11.4 Å². The van der Waals surface area contributed by atoms with E-state index in [-0.39, 0.29) is 17.7 Å². The van der Waals surface area contributed by atoms with Crippen molar-refractivity contribution in [3.63, 3.8) is 0 Å². The molecular weight excluding hydrogens is 384 g/mol. The molecule has 0 spiro atoms. The Morgan fingerprint density at radius 2 is 1.52 bits per heavy atom. The van der Waals surface area contributed by atoms with E-state index in [1.165, 1.54) is 0 Å². The lowest BCUT2D eigenvalue weighted by molar-refractivity contribution is 0.0947. The van der Waals surface area contributed by atoms with Gasteiger partial charge >= 0.3 is 0 Å². The van der Waals surface area contributed by atoms with Gasteiger partial charge in [0, 0.05) is 11.1 Å². The van der Waals surface area contributed by atoms with Gasteiger partial charge in [-0.2, -0.15) is 5.26 Å². The molecule has 0 aliphatic carbocycles. The minimum Gasteiger partial charge on any atom is -0.439 e. The number of carbonyl (C=O) groups excluding carboxylic acids is 1. The maximum absolute atomic E-state index is 12.8. The summed E-state index contributed by atoms with van der Waals surface area (Å²) in [6.07, 6.45) is 0. The zero-order valence-corrected chi connectivity index (χ0v) is 16.6. The molecule has 0 saturated carbocycles. The first-order chi connectivity index (χ1) is 15.3. The summed E-state index contributed by atoms with van der Waals surface area (Å²) in [5.74, 6) is 0.134. The highest BCUT2D eigenvalue weighted by atomic mass is 16.5. The molecule has 0 bridgehead atoms. The van der Waals surface area contributed by atoms with Crippen LogP contribution in [0.15, 0.2) is 109 Å². The van der Waals surface area contributed by atoms with Crippen molar-refractivity contribution < 1.29 is 9.53 Å². The molecule has 4 aromatic carbocycles. The van der Waals surface area contributed by atoms with Crippen molar-refractivity contribution in [2.24, 2.45) is 0 Å². The normalized spacial score (nSPS) is 15.0. The summed E-state index contributed by atoms with van der Waals surface area (Å²) in [5, 5.41) is 15.0. The smallest absolute Gasteiger partial charge is 0.257 e. The first kappa shape index (κ1) is 18.7. The predicted octanol–water partition coefficient (Wildman–Crippen LogP) is 5.53. The quantitative estimate of drug-likeness (QED) is 0.490. The molecule has 148 valence electrons. The molecule has 0 radical (unpaired) electrons. The van der Waals surface area contributed by atoms with Gasteiger partial charge in [0.2, 0.25) is 5.88 Å². The lowest BCUT2D eigenvalue weighted by Gasteiger charge is -2.29. The van der Waals surface area contributed by atoms with Crippen LogP contribution < -0.4 is 10.1 Å². The molecule has 0 fully saturated rings. The van der Waals surface area contributed by atoms with Crippen molar-refractivity contribution in [1.82, 2.24) is 5.32 Å². The third-order valence-corrected chi connectivity index (χ3v) is 5.48. The summed E-state index contributed by atoms with van der Waals surface area (Å²) >= 11 is 0. The van der Waals surface area contributed by atoms with Gasteiger partial charge in [0.1, 0.15) is 17.4 Å². The van der Waals surface area contributed by atoms with Gasteiger partial charge in [-0.25, -0.2) is 0 Å². The molecular formula is C27H18N2O2. The van der Waals surface area contributed by atoms with E-state index in [9.17, 15) is 10.1 Å². The predicted molar refractivity (Wildman–Crippen MR) is 119 cm³/mol. The first-order valence-corrected chi connectivity index (χ1v) is 10.0. The molecule has 1 aliphatic heterocycles. The monoisotopic (exact) mass is 402 g/mol. The third-order valence-electron chi connectivity index (χ3n) is 5.48. The number of nitriles is 1. The van der Waals surface area contributed by atoms with Crippen LogP contribution in [0.1, 0.15) is 27.4 Å². The van der Waals surface area contributed by atoms with Gasteiger partial charge in [0.05, 0.1) is 5.92 Å². The summed E-state index contributed by atoms with van der Waals surface area (Å²) in [6.45, 7) is 0. The number of benzene rings is 4. The molecule has 1 atom stereocenters. The summed E-state index contributed by atoms with van der Waals surface area (Å²) in [4.78, 5) is 12.8. The van der Waals surface area contributed by atoms with E-state index in [1.807, 2.05) is 72.8 Å². The fourth-order valence-corrected chi connectivity index (χ4v) is 4.05. The zero-order valence-electron chi connectivity index (χ0n) is 16.6. The van der Waals surface area contributed by atoms with E-state index >= 15 is 0 Å². The maximum atomic E-state index is 12.8. The van der Waals surface area contributed by atoms with Crippen LogP contribution in [0.4, 0.5) is 0 Å². The lowest BCUT2D eigenvalue weighted by atomic mass is 9.81. The fraction of sp³-hybridized carbons (Fsp3) is 0.0370. The molecule has 31 heavy (non-hydrogen) atoms. The van der Waals surface area contributed by atoms with Crippen molar-refractivity contribution in [1.29, 1.82) is 5.26 Å². The van der Waals surface area contributed by atoms with Crippen molar-refractivity contribution in [3.05, 3.63) is 125 Å². The van der Waals surface area contributed by atoms with E-state index in [1.54, 1.807) is 24.3 Å². The number of nitrogens with one attached hydrogen (secondary N) is 1. The highest BCUT2D eigenvalue weighted by molar-refractivity contribution is 5.96. The number of carbonyl (C=O) groups is 1. The maximum Gasteiger partial charge on any atom is 0.257 e. The number of hydrogen-bond acceptors (Lipinski definition) is 3. The van der Waals surface area contributed by atoms with Gasteiger partial charge in [0.15, 0.2) is 0 Å². The number of amides is 1. The van der Waals surface area contributed by atoms with Crippen LogP contribution in [0.5, 0.6) is 5.75 Å². The third kappa shape index (κ3) is 3.33. The van der Waals surface area contributed by atoms with Gasteiger partial charge in [0.25, 0.3) is 5.91 Å². The Balaban J connectivity index is 1.69. The van der Waals surface area contributed by atoms with Crippen LogP contribution in [-0.4, -0.2) is 5.91 Å². The zero-order chi connectivity index (χ0) is 21.2. The number of fused-ring (bicyclic) bond motifs is 3. The van der Waals surface area contributed by atoms with Gasteiger partial charge in [-0.1, -0.05) is 78.9 Å². The van der Waals surface area contributed by atoms with Crippen LogP contribution in [-0.2, 0) is 0 Å². The van der Waals surface area contributed by atoms with Crippen molar-refractivity contribution in [2.75, 3.05) is 0 Å². The highest BCUT2D eigenvalue weighted by Gasteiger charge is 2.33. The average molecular weight is 402 g/mol. The largest absolute Gasteiger partial charge is 0.439 e. The molecule has 0 saturated heterocycles. The molecule has 0 unspecified atom stereocenters. The average Bonchev–Trinajstić information content (AvgIpc) is 2.84. The van der Waals surface area contributed by atoms with Crippen LogP contribution in [0.25, 0.3) is 10.8 Å². The fourth-order valence-electron chi connectivity index (χ4n) is 4.05. The molecule has 1 heterocycles. The summed E-state index contributed by atoms with van der Waals surface area (Å²) < 4.78 is 6.11. The van der Waals surface area contributed by atoms with Crippen molar-refractivity contribution >= 4 is 16.7 Å². The number of nitrogens with zero attached hydrogens (tertiary/aromatic N) is 1. The molecule has 4 heteroatoms. The van der Waals surface area contributed by atoms with E-state index in [0.29, 0.717) is 16.9 Å².